The molecule has 98 valence electrons. The summed E-state index contributed by atoms with van der Waals surface area (Å²) in [6, 6.07) is 14.4. The molecule has 1 aliphatic heterocycles. The summed E-state index contributed by atoms with van der Waals surface area (Å²) in [5.74, 6) is 0. The Balaban J connectivity index is 2.13. The predicted octanol–water partition coefficient (Wildman–Crippen LogP) is 4.06. The molecular formula is C17H18OS. The minimum Gasteiger partial charge on any atom is -0.249 e. The van der Waals surface area contributed by atoms with Gasteiger partial charge in [-0.3, -0.25) is 0 Å². The maximum Gasteiger partial charge on any atom is 0.0855 e. The zero-order valence-electron chi connectivity index (χ0n) is 11.6. The van der Waals surface area contributed by atoms with E-state index in [2.05, 4.69) is 39.0 Å². The van der Waals surface area contributed by atoms with Crippen LogP contribution in [0.15, 0.2) is 52.3 Å². The predicted molar refractivity (Wildman–Crippen MR) is 79.1 cm³/mol. The second kappa shape index (κ2) is 4.31. The summed E-state index contributed by atoms with van der Waals surface area (Å²) in [4.78, 5) is 1.95. The molecule has 1 aliphatic rings. The Labute approximate surface area is 117 Å². The second-order valence-corrected chi connectivity index (χ2v) is 7.54. The number of hydrogen-bond donors (Lipinski definition) is 0. The lowest BCUT2D eigenvalue weighted by Gasteiger charge is -2.24. The molecular weight excluding hydrogens is 252 g/mol. The van der Waals surface area contributed by atoms with Crippen LogP contribution >= 0.6 is 0 Å². The topological polar surface area (TPSA) is 17.1 Å². The van der Waals surface area contributed by atoms with E-state index < -0.39 is 10.8 Å². The molecule has 1 heterocycles. The Morgan fingerprint density at radius 3 is 2.37 bits per heavy atom. The first-order chi connectivity index (χ1) is 8.97. The smallest absolute Gasteiger partial charge is 0.0855 e. The van der Waals surface area contributed by atoms with E-state index in [0.29, 0.717) is 0 Å². The molecule has 2 aromatic rings. The fourth-order valence-electron chi connectivity index (χ4n) is 2.52. The minimum atomic E-state index is -1.03. The van der Waals surface area contributed by atoms with Crippen LogP contribution in [0.2, 0.25) is 0 Å². The molecule has 1 unspecified atom stereocenters. The van der Waals surface area contributed by atoms with E-state index in [1.807, 2.05) is 24.3 Å². The van der Waals surface area contributed by atoms with Gasteiger partial charge in [-0.1, -0.05) is 51.1 Å². The maximum absolute atomic E-state index is 12.6. The normalized spacial score (nSPS) is 17.7. The van der Waals surface area contributed by atoms with Gasteiger partial charge in [-0.25, -0.2) is 4.21 Å². The minimum absolute atomic E-state index is 0.132. The van der Waals surface area contributed by atoms with Crippen LogP contribution in [-0.2, 0) is 22.6 Å². The van der Waals surface area contributed by atoms with Crippen LogP contribution in [0.25, 0.3) is 0 Å². The molecule has 0 fully saturated rings. The third kappa shape index (κ3) is 2.14. The van der Waals surface area contributed by atoms with E-state index in [-0.39, 0.29) is 5.41 Å². The van der Waals surface area contributed by atoms with E-state index in [0.717, 1.165) is 16.2 Å². The van der Waals surface area contributed by atoms with Gasteiger partial charge in [-0.05, 0) is 40.7 Å². The van der Waals surface area contributed by atoms with Crippen LogP contribution in [0.4, 0.5) is 0 Å². The fraction of sp³-hybridized carbons (Fsp3) is 0.294. The van der Waals surface area contributed by atoms with Gasteiger partial charge in [0.15, 0.2) is 0 Å². The highest BCUT2D eigenvalue weighted by Crippen LogP contribution is 2.34. The molecule has 0 bridgehead atoms. The SMILES string of the molecule is CC(C)(C)c1ccc2c(c1)Cc1ccccc1S2=O. The zero-order chi connectivity index (χ0) is 13.6. The summed E-state index contributed by atoms with van der Waals surface area (Å²) in [6.45, 7) is 6.63. The summed E-state index contributed by atoms with van der Waals surface area (Å²) in [6.07, 6.45) is 0.890. The van der Waals surface area contributed by atoms with Crippen molar-refractivity contribution in [1.82, 2.24) is 0 Å². The number of hydrogen-bond acceptors (Lipinski definition) is 1. The number of fused-ring (bicyclic) bond motifs is 2. The highest BCUT2D eigenvalue weighted by molar-refractivity contribution is 7.85. The lowest BCUT2D eigenvalue weighted by Crippen LogP contribution is -2.15. The summed E-state index contributed by atoms with van der Waals surface area (Å²) >= 11 is 0. The van der Waals surface area contributed by atoms with E-state index in [9.17, 15) is 4.21 Å². The van der Waals surface area contributed by atoms with Gasteiger partial charge in [0.05, 0.1) is 10.8 Å². The quantitative estimate of drug-likeness (QED) is 0.602. The van der Waals surface area contributed by atoms with Crippen molar-refractivity contribution >= 4 is 10.8 Å². The van der Waals surface area contributed by atoms with Crippen LogP contribution in [-0.4, -0.2) is 4.21 Å². The van der Waals surface area contributed by atoms with Crippen molar-refractivity contribution in [3.05, 3.63) is 59.2 Å². The maximum atomic E-state index is 12.6. The largest absolute Gasteiger partial charge is 0.249 e. The van der Waals surface area contributed by atoms with Crippen LogP contribution in [0.5, 0.6) is 0 Å². The van der Waals surface area contributed by atoms with Crippen LogP contribution in [0.1, 0.15) is 37.5 Å². The van der Waals surface area contributed by atoms with E-state index in [4.69, 9.17) is 0 Å². The van der Waals surface area contributed by atoms with Gasteiger partial charge in [-0.2, -0.15) is 0 Å². The van der Waals surface area contributed by atoms with Crippen molar-refractivity contribution in [3.8, 4) is 0 Å². The second-order valence-electron chi connectivity index (χ2n) is 6.13. The molecule has 0 radical (unpaired) electrons. The molecule has 0 aliphatic carbocycles. The van der Waals surface area contributed by atoms with Gasteiger partial charge in [0.25, 0.3) is 0 Å². The molecule has 0 N–H and O–H groups in total. The Hall–Kier alpha value is -1.41. The molecule has 2 aromatic carbocycles. The molecule has 3 rings (SSSR count). The van der Waals surface area contributed by atoms with Crippen molar-refractivity contribution in [2.24, 2.45) is 0 Å². The van der Waals surface area contributed by atoms with Crippen molar-refractivity contribution in [2.45, 2.75) is 42.4 Å². The van der Waals surface area contributed by atoms with Crippen LogP contribution < -0.4 is 0 Å². The van der Waals surface area contributed by atoms with Gasteiger partial charge in [0.2, 0.25) is 0 Å². The summed E-state index contributed by atoms with van der Waals surface area (Å²) in [7, 11) is -1.03. The standard InChI is InChI=1S/C17H18OS/c1-17(2,3)14-8-9-16-13(11-14)10-12-6-4-5-7-15(12)19(16)18/h4-9,11H,10H2,1-3H3. The monoisotopic (exact) mass is 270 g/mol. The van der Waals surface area contributed by atoms with Gasteiger partial charge in [0, 0.05) is 9.79 Å². The summed E-state index contributed by atoms with van der Waals surface area (Å²) in [5, 5.41) is 0. The van der Waals surface area contributed by atoms with Gasteiger partial charge < -0.3 is 0 Å². The lowest BCUT2D eigenvalue weighted by atomic mass is 9.85. The van der Waals surface area contributed by atoms with Gasteiger partial charge in [-0.15, -0.1) is 0 Å². The highest BCUT2D eigenvalue weighted by atomic mass is 32.2. The Morgan fingerprint density at radius 1 is 0.947 bits per heavy atom. The first kappa shape index (κ1) is 12.6. The van der Waals surface area contributed by atoms with Gasteiger partial charge in [0.1, 0.15) is 0 Å². The molecule has 0 spiro atoms. The van der Waals surface area contributed by atoms with Gasteiger partial charge >= 0.3 is 0 Å². The van der Waals surface area contributed by atoms with Crippen molar-refractivity contribution < 1.29 is 4.21 Å². The highest BCUT2D eigenvalue weighted by Gasteiger charge is 2.23. The Kier molecular flexibility index (Phi) is 2.86. The van der Waals surface area contributed by atoms with Crippen LogP contribution in [0.3, 0.4) is 0 Å². The molecule has 0 saturated heterocycles. The molecule has 1 nitrogen and oxygen atoms in total. The zero-order valence-corrected chi connectivity index (χ0v) is 12.4. The molecule has 1 atom stereocenters. The Morgan fingerprint density at radius 2 is 1.63 bits per heavy atom. The van der Waals surface area contributed by atoms with Crippen molar-refractivity contribution in [3.63, 3.8) is 0 Å². The molecule has 0 saturated carbocycles. The van der Waals surface area contributed by atoms with E-state index >= 15 is 0 Å². The molecule has 19 heavy (non-hydrogen) atoms. The number of rotatable bonds is 0. The lowest BCUT2D eigenvalue weighted by molar-refractivity contribution is 0.588. The summed E-state index contributed by atoms with van der Waals surface area (Å²) in [5.41, 5.74) is 3.85. The molecule has 2 heteroatoms. The Bertz CT molecular complexity index is 665. The third-order valence-electron chi connectivity index (χ3n) is 3.68. The first-order valence-electron chi connectivity index (χ1n) is 6.60. The molecule has 0 amide bonds. The number of benzene rings is 2. The average Bonchev–Trinajstić information content (AvgIpc) is 2.37. The van der Waals surface area contributed by atoms with Crippen molar-refractivity contribution in [2.75, 3.05) is 0 Å². The van der Waals surface area contributed by atoms with Crippen molar-refractivity contribution in [1.29, 1.82) is 0 Å². The fourth-order valence-corrected chi connectivity index (χ4v) is 3.90. The first-order valence-corrected chi connectivity index (χ1v) is 7.75. The third-order valence-corrected chi connectivity index (χ3v) is 5.27. The van der Waals surface area contributed by atoms with Crippen LogP contribution in [0, 0.1) is 0 Å². The van der Waals surface area contributed by atoms with E-state index in [1.54, 1.807) is 0 Å². The summed E-state index contributed by atoms with van der Waals surface area (Å²) < 4.78 is 12.6. The van der Waals surface area contributed by atoms with E-state index in [1.165, 1.54) is 16.7 Å². The average molecular weight is 270 g/mol. The molecule has 0 aromatic heterocycles.